The summed E-state index contributed by atoms with van der Waals surface area (Å²) in [6.45, 7) is 2.93. The lowest BCUT2D eigenvalue weighted by atomic mass is 9.87. The molecule has 4 aromatic rings. The second-order valence-electron chi connectivity index (χ2n) is 8.64. The van der Waals surface area contributed by atoms with Crippen LogP contribution in [0.3, 0.4) is 0 Å². The number of hydrogen-bond donors (Lipinski definition) is 1. The Balaban J connectivity index is 1.35. The molecule has 5 nitrogen and oxygen atoms in total. The Kier molecular flexibility index (Phi) is 6.45. The van der Waals surface area contributed by atoms with Gasteiger partial charge in [0.15, 0.2) is 0 Å². The lowest BCUT2D eigenvalue weighted by Crippen LogP contribution is -2.49. The van der Waals surface area contributed by atoms with Crippen molar-refractivity contribution in [3.63, 3.8) is 0 Å². The predicted octanol–water partition coefficient (Wildman–Crippen LogP) is 5.70. The number of halogens is 1. The van der Waals surface area contributed by atoms with E-state index >= 15 is 0 Å². The summed E-state index contributed by atoms with van der Waals surface area (Å²) in [7, 11) is 1.69. The largest absolute Gasteiger partial charge is 0.495 e. The first kappa shape index (κ1) is 22.4. The number of ether oxygens (including phenoxy) is 1. The summed E-state index contributed by atoms with van der Waals surface area (Å²) in [5.41, 5.74) is 4.33. The van der Waals surface area contributed by atoms with E-state index in [-0.39, 0.29) is 11.8 Å². The molecule has 1 aliphatic rings. The van der Waals surface area contributed by atoms with E-state index in [9.17, 15) is 4.79 Å². The van der Waals surface area contributed by atoms with Crippen LogP contribution in [0.2, 0.25) is 5.02 Å². The zero-order chi connectivity index (χ0) is 23.5. The molecule has 5 rings (SSSR count). The number of aromatic amines is 1. The zero-order valence-corrected chi connectivity index (χ0v) is 20.0. The van der Waals surface area contributed by atoms with Crippen molar-refractivity contribution in [3.05, 3.63) is 95.1 Å². The van der Waals surface area contributed by atoms with E-state index in [4.69, 9.17) is 16.3 Å². The normalized spacial score (nSPS) is 14.9. The molecule has 174 valence electrons. The Hall–Kier alpha value is -3.44. The summed E-state index contributed by atoms with van der Waals surface area (Å²) in [5.74, 6) is 0.951. The molecular weight excluding hydrogens is 446 g/mol. The first-order valence-corrected chi connectivity index (χ1v) is 12.0. The van der Waals surface area contributed by atoms with Crippen molar-refractivity contribution in [2.75, 3.05) is 38.2 Å². The number of anilines is 1. The number of piperazine rings is 1. The van der Waals surface area contributed by atoms with Gasteiger partial charge in [0.25, 0.3) is 0 Å². The smallest absolute Gasteiger partial charge is 0.223 e. The second-order valence-corrected chi connectivity index (χ2v) is 9.08. The van der Waals surface area contributed by atoms with Gasteiger partial charge in [-0.05, 0) is 41.5 Å². The maximum atomic E-state index is 13.5. The van der Waals surface area contributed by atoms with Gasteiger partial charge >= 0.3 is 0 Å². The number of nitrogens with one attached hydrogen (secondary N) is 1. The van der Waals surface area contributed by atoms with E-state index in [1.807, 2.05) is 59.6 Å². The molecule has 34 heavy (non-hydrogen) atoms. The van der Waals surface area contributed by atoms with Crippen molar-refractivity contribution >= 4 is 34.1 Å². The number of H-pyrrole nitrogens is 1. The Bertz CT molecular complexity index is 1290. The van der Waals surface area contributed by atoms with E-state index < -0.39 is 0 Å². The van der Waals surface area contributed by atoms with Gasteiger partial charge in [-0.3, -0.25) is 4.79 Å². The SMILES string of the molecule is COc1ccccc1N1CCN(C(=O)CC(c2cccc(Cl)c2)c2c[nH]c3ccccc23)CC1. The van der Waals surface area contributed by atoms with Gasteiger partial charge < -0.3 is 19.5 Å². The van der Waals surface area contributed by atoms with Gasteiger partial charge in [-0.25, -0.2) is 0 Å². The number of methoxy groups -OCH3 is 1. The van der Waals surface area contributed by atoms with Crippen molar-refractivity contribution in [2.24, 2.45) is 0 Å². The molecule has 1 amide bonds. The first-order valence-electron chi connectivity index (χ1n) is 11.6. The molecule has 1 unspecified atom stereocenters. The summed E-state index contributed by atoms with van der Waals surface area (Å²) in [6, 6.07) is 24.1. The monoisotopic (exact) mass is 473 g/mol. The van der Waals surface area contributed by atoms with Crippen LogP contribution in [0, 0.1) is 0 Å². The van der Waals surface area contributed by atoms with Crippen LogP contribution in [0.5, 0.6) is 5.75 Å². The fraction of sp³-hybridized carbons (Fsp3) is 0.250. The number of carbonyl (C=O) groups is 1. The summed E-state index contributed by atoms with van der Waals surface area (Å²) in [5, 5.41) is 1.82. The number of amides is 1. The molecule has 1 saturated heterocycles. The molecule has 1 aromatic heterocycles. The fourth-order valence-electron chi connectivity index (χ4n) is 4.90. The predicted molar refractivity (Wildman–Crippen MR) is 138 cm³/mol. The number of para-hydroxylation sites is 3. The quantitative estimate of drug-likeness (QED) is 0.390. The van der Waals surface area contributed by atoms with Crippen LogP contribution in [0.1, 0.15) is 23.5 Å². The molecule has 3 aromatic carbocycles. The topological polar surface area (TPSA) is 48.6 Å². The van der Waals surface area contributed by atoms with Crippen LogP contribution in [-0.4, -0.2) is 49.1 Å². The molecule has 0 radical (unpaired) electrons. The molecule has 1 atom stereocenters. The minimum Gasteiger partial charge on any atom is -0.495 e. The van der Waals surface area contributed by atoms with Crippen LogP contribution < -0.4 is 9.64 Å². The molecule has 0 saturated carbocycles. The number of hydrogen-bond acceptors (Lipinski definition) is 3. The van der Waals surface area contributed by atoms with E-state index in [0.717, 1.165) is 46.6 Å². The summed E-state index contributed by atoms with van der Waals surface area (Å²) < 4.78 is 5.52. The molecule has 0 bridgehead atoms. The third kappa shape index (κ3) is 4.48. The molecule has 2 heterocycles. The highest BCUT2D eigenvalue weighted by molar-refractivity contribution is 6.30. The standard InChI is InChI=1S/C28H28ClN3O2/c1-34-27-12-5-4-11-26(27)31-13-15-32(16-14-31)28(33)18-23(20-7-6-8-21(29)17-20)24-19-30-25-10-3-2-9-22(24)25/h2-12,17,19,23,30H,13-16,18H2,1H3. The number of nitrogens with zero attached hydrogens (tertiary/aromatic N) is 2. The minimum atomic E-state index is -0.0744. The third-order valence-electron chi connectivity index (χ3n) is 6.68. The fourth-order valence-corrected chi connectivity index (χ4v) is 5.10. The number of rotatable bonds is 6. The zero-order valence-electron chi connectivity index (χ0n) is 19.2. The van der Waals surface area contributed by atoms with Crippen LogP contribution in [0.25, 0.3) is 10.9 Å². The van der Waals surface area contributed by atoms with Gasteiger partial charge in [0.1, 0.15) is 5.75 Å². The molecule has 1 aliphatic heterocycles. The molecular formula is C28H28ClN3O2. The van der Waals surface area contributed by atoms with Gasteiger partial charge in [-0.1, -0.05) is 54.1 Å². The van der Waals surface area contributed by atoms with Crippen molar-refractivity contribution in [1.29, 1.82) is 0 Å². The van der Waals surface area contributed by atoms with Crippen molar-refractivity contribution in [2.45, 2.75) is 12.3 Å². The number of carbonyl (C=O) groups excluding carboxylic acids is 1. The molecule has 6 heteroatoms. The molecule has 1 fully saturated rings. The number of aromatic nitrogens is 1. The van der Waals surface area contributed by atoms with E-state index in [1.54, 1.807) is 7.11 Å². The highest BCUT2D eigenvalue weighted by Crippen LogP contribution is 2.35. The Morgan fingerprint density at radius 3 is 2.56 bits per heavy atom. The Labute approximate surface area is 204 Å². The van der Waals surface area contributed by atoms with Crippen LogP contribution in [0.15, 0.2) is 79.0 Å². The highest BCUT2D eigenvalue weighted by Gasteiger charge is 2.27. The third-order valence-corrected chi connectivity index (χ3v) is 6.92. The average Bonchev–Trinajstić information content (AvgIpc) is 3.31. The Morgan fingerprint density at radius 2 is 1.76 bits per heavy atom. The summed E-state index contributed by atoms with van der Waals surface area (Å²) in [6.07, 6.45) is 2.43. The minimum absolute atomic E-state index is 0.0744. The summed E-state index contributed by atoms with van der Waals surface area (Å²) in [4.78, 5) is 21.1. The van der Waals surface area contributed by atoms with Gasteiger partial charge in [0.05, 0.1) is 12.8 Å². The van der Waals surface area contributed by atoms with E-state index in [1.165, 1.54) is 0 Å². The van der Waals surface area contributed by atoms with Gasteiger partial charge in [0.2, 0.25) is 5.91 Å². The van der Waals surface area contributed by atoms with Crippen LogP contribution in [-0.2, 0) is 4.79 Å². The van der Waals surface area contributed by atoms with Gasteiger partial charge in [-0.15, -0.1) is 0 Å². The van der Waals surface area contributed by atoms with Gasteiger partial charge in [0, 0.05) is 60.6 Å². The molecule has 0 aliphatic carbocycles. The maximum absolute atomic E-state index is 13.5. The van der Waals surface area contributed by atoms with Crippen molar-refractivity contribution in [3.8, 4) is 5.75 Å². The van der Waals surface area contributed by atoms with Crippen molar-refractivity contribution < 1.29 is 9.53 Å². The van der Waals surface area contributed by atoms with Crippen molar-refractivity contribution in [1.82, 2.24) is 9.88 Å². The van der Waals surface area contributed by atoms with Crippen LogP contribution >= 0.6 is 11.6 Å². The molecule has 0 spiro atoms. The molecule has 1 N–H and O–H groups in total. The first-order chi connectivity index (χ1) is 16.6. The maximum Gasteiger partial charge on any atom is 0.223 e. The van der Waals surface area contributed by atoms with E-state index in [0.29, 0.717) is 24.5 Å². The Morgan fingerprint density at radius 1 is 1.00 bits per heavy atom. The lowest BCUT2D eigenvalue weighted by Gasteiger charge is -2.37. The average molecular weight is 474 g/mol. The number of benzene rings is 3. The number of fused-ring (bicyclic) bond motifs is 1. The summed E-state index contributed by atoms with van der Waals surface area (Å²) >= 11 is 6.33. The van der Waals surface area contributed by atoms with Crippen LogP contribution in [0.4, 0.5) is 5.69 Å². The second kappa shape index (κ2) is 9.82. The highest BCUT2D eigenvalue weighted by atomic mass is 35.5. The van der Waals surface area contributed by atoms with E-state index in [2.05, 4.69) is 34.1 Å². The lowest BCUT2D eigenvalue weighted by molar-refractivity contribution is -0.131. The van der Waals surface area contributed by atoms with Gasteiger partial charge in [-0.2, -0.15) is 0 Å².